The first-order valence-corrected chi connectivity index (χ1v) is 9.23. The van der Waals surface area contributed by atoms with Crippen LogP contribution in [0.4, 0.5) is 4.79 Å². The zero-order chi connectivity index (χ0) is 20.1. The van der Waals surface area contributed by atoms with Crippen LogP contribution in [0.2, 0.25) is 0 Å². The van der Waals surface area contributed by atoms with Crippen molar-refractivity contribution in [2.45, 2.75) is 12.5 Å². The van der Waals surface area contributed by atoms with Crippen molar-refractivity contribution >= 4 is 22.0 Å². The zero-order valence-corrected chi connectivity index (χ0v) is 17.0. The summed E-state index contributed by atoms with van der Waals surface area (Å²) in [7, 11) is 1.52. The van der Waals surface area contributed by atoms with Gasteiger partial charge in [0, 0.05) is 35.7 Å². The fraction of sp³-hybridized carbons (Fsp3) is 0.200. The summed E-state index contributed by atoms with van der Waals surface area (Å²) in [5.41, 5.74) is 7.18. The molecule has 8 heteroatoms. The maximum atomic E-state index is 11.4. The van der Waals surface area contributed by atoms with Crippen molar-refractivity contribution in [1.82, 2.24) is 15.0 Å². The Balaban J connectivity index is 2.19. The van der Waals surface area contributed by atoms with Gasteiger partial charge in [-0.25, -0.2) is 14.8 Å². The van der Waals surface area contributed by atoms with Crippen LogP contribution in [0.5, 0.6) is 0 Å². The molecule has 2 aromatic heterocycles. The number of nitrogens with two attached hydrogens (primary N) is 1. The Labute approximate surface area is 171 Å². The first-order chi connectivity index (χ1) is 13.5. The van der Waals surface area contributed by atoms with Gasteiger partial charge in [-0.15, -0.1) is 0 Å². The van der Waals surface area contributed by atoms with Crippen molar-refractivity contribution in [3.8, 4) is 11.3 Å². The molecule has 28 heavy (non-hydrogen) atoms. The molecule has 1 atom stereocenters. The number of methoxy groups -OCH3 is 1. The van der Waals surface area contributed by atoms with Crippen molar-refractivity contribution < 1.29 is 14.3 Å². The number of hydrogen-bond acceptors (Lipinski definition) is 6. The van der Waals surface area contributed by atoms with Crippen molar-refractivity contribution in [2.24, 2.45) is 5.73 Å². The van der Waals surface area contributed by atoms with Gasteiger partial charge in [-0.2, -0.15) is 0 Å². The van der Waals surface area contributed by atoms with E-state index in [0.29, 0.717) is 11.5 Å². The van der Waals surface area contributed by atoms with E-state index < -0.39 is 11.7 Å². The molecule has 3 rings (SSSR count). The summed E-state index contributed by atoms with van der Waals surface area (Å²) in [6, 6.07) is 11.3. The molecule has 3 aromatic rings. The highest BCUT2D eigenvalue weighted by atomic mass is 79.9. The average Bonchev–Trinajstić information content (AvgIpc) is 2.72. The first-order valence-electron chi connectivity index (χ1n) is 8.44. The molecular formula is C20H19BrN4O3. The Hall–Kier alpha value is -2.84. The van der Waals surface area contributed by atoms with E-state index in [1.807, 2.05) is 37.3 Å². The fourth-order valence-electron chi connectivity index (χ4n) is 2.95. The van der Waals surface area contributed by atoms with Gasteiger partial charge < -0.3 is 15.2 Å². The molecule has 144 valence electrons. The smallest absolute Gasteiger partial charge is 0.404 e. The van der Waals surface area contributed by atoms with E-state index in [0.717, 1.165) is 21.2 Å². The summed E-state index contributed by atoms with van der Waals surface area (Å²) in [5.74, 6) is 0.346. The molecule has 1 amide bonds. The van der Waals surface area contributed by atoms with Crippen LogP contribution in [0.3, 0.4) is 0 Å². The number of aromatic nitrogens is 3. The third kappa shape index (κ3) is 4.02. The molecule has 1 aromatic carbocycles. The second-order valence-corrected chi connectivity index (χ2v) is 7.02. The summed E-state index contributed by atoms with van der Waals surface area (Å²) in [5, 5.41) is 0. The quantitative estimate of drug-likeness (QED) is 0.625. The minimum absolute atomic E-state index is 0.174. The molecule has 0 saturated carbocycles. The van der Waals surface area contributed by atoms with Gasteiger partial charge in [-0.3, -0.25) is 4.98 Å². The van der Waals surface area contributed by atoms with Gasteiger partial charge >= 0.3 is 6.09 Å². The van der Waals surface area contributed by atoms with E-state index in [1.165, 1.54) is 7.11 Å². The van der Waals surface area contributed by atoms with E-state index in [-0.39, 0.29) is 6.61 Å². The second-order valence-electron chi connectivity index (χ2n) is 6.11. The van der Waals surface area contributed by atoms with E-state index in [4.69, 9.17) is 15.2 Å². The third-order valence-corrected chi connectivity index (χ3v) is 4.87. The molecule has 0 aliphatic rings. The van der Waals surface area contributed by atoms with Crippen LogP contribution >= 0.6 is 15.9 Å². The summed E-state index contributed by atoms with van der Waals surface area (Å²) in [6.07, 6.45) is 4.13. The monoisotopic (exact) mass is 442 g/mol. The average molecular weight is 443 g/mol. The molecule has 1 unspecified atom stereocenters. The van der Waals surface area contributed by atoms with Crippen LogP contribution in [0.1, 0.15) is 17.0 Å². The van der Waals surface area contributed by atoms with Gasteiger partial charge in [0.2, 0.25) is 0 Å². The lowest BCUT2D eigenvalue weighted by atomic mass is 9.89. The highest BCUT2D eigenvalue weighted by Gasteiger charge is 2.41. The van der Waals surface area contributed by atoms with Gasteiger partial charge in [0.25, 0.3) is 0 Å². The number of carbonyl (C=O) groups is 1. The van der Waals surface area contributed by atoms with Gasteiger partial charge in [-0.05, 0) is 48.4 Å². The van der Waals surface area contributed by atoms with Crippen molar-refractivity contribution in [3.63, 3.8) is 0 Å². The number of benzene rings is 1. The molecule has 0 fully saturated rings. The minimum atomic E-state index is -1.24. The number of hydrogen-bond donors (Lipinski definition) is 1. The highest BCUT2D eigenvalue weighted by Crippen LogP contribution is 2.36. The summed E-state index contributed by atoms with van der Waals surface area (Å²) in [6.45, 7) is 1.76. The van der Waals surface area contributed by atoms with Crippen LogP contribution in [0.15, 0.2) is 59.5 Å². The summed E-state index contributed by atoms with van der Waals surface area (Å²) in [4.78, 5) is 24.6. The first kappa shape index (κ1) is 19.9. The molecule has 2 heterocycles. The molecule has 2 N–H and O–H groups in total. The van der Waals surface area contributed by atoms with Gasteiger partial charge in [0.05, 0.1) is 5.69 Å². The number of carbonyl (C=O) groups excluding carboxylic acids is 1. The van der Waals surface area contributed by atoms with Gasteiger partial charge in [-0.1, -0.05) is 22.0 Å². The van der Waals surface area contributed by atoms with Crippen LogP contribution in [0.25, 0.3) is 11.3 Å². The van der Waals surface area contributed by atoms with E-state index in [9.17, 15) is 4.79 Å². The molecule has 0 saturated heterocycles. The number of nitrogens with zero attached hydrogens (tertiary/aromatic N) is 3. The van der Waals surface area contributed by atoms with Crippen molar-refractivity contribution in [2.75, 3.05) is 13.7 Å². The molecule has 0 aliphatic heterocycles. The van der Waals surface area contributed by atoms with E-state index in [1.54, 1.807) is 24.7 Å². The number of pyridine rings is 1. The largest absolute Gasteiger partial charge is 0.446 e. The molecule has 0 spiro atoms. The summed E-state index contributed by atoms with van der Waals surface area (Å²) >= 11 is 3.48. The minimum Gasteiger partial charge on any atom is -0.446 e. The highest BCUT2D eigenvalue weighted by molar-refractivity contribution is 9.10. The number of aryl methyl sites for hydroxylation is 1. The molecule has 7 nitrogen and oxygen atoms in total. The van der Waals surface area contributed by atoms with Crippen LogP contribution in [-0.2, 0) is 15.1 Å². The Kier molecular flexibility index (Phi) is 6.01. The number of rotatable bonds is 6. The van der Waals surface area contributed by atoms with E-state index in [2.05, 4.69) is 30.9 Å². The van der Waals surface area contributed by atoms with Gasteiger partial charge in [0.15, 0.2) is 11.4 Å². The van der Waals surface area contributed by atoms with Crippen LogP contribution in [0, 0.1) is 6.92 Å². The lowest BCUT2D eigenvalue weighted by molar-refractivity contribution is -0.0350. The Morgan fingerprint density at radius 3 is 2.75 bits per heavy atom. The number of primary amides is 1. The lowest BCUT2D eigenvalue weighted by Gasteiger charge is -2.32. The second kappa shape index (κ2) is 8.45. The SMILES string of the molecule is COC(COC(N)=O)(c1nccc(-c2cccnc2)n1)c1cc(Br)ccc1C. The molecule has 0 aliphatic carbocycles. The van der Waals surface area contributed by atoms with Crippen LogP contribution in [-0.4, -0.2) is 34.8 Å². The number of halogens is 1. The Bertz CT molecular complexity index is 984. The maximum absolute atomic E-state index is 11.4. The zero-order valence-electron chi connectivity index (χ0n) is 15.4. The fourth-order valence-corrected chi connectivity index (χ4v) is 3.31. The standard InChI is InChI=1S/C20H19BrN4O3/c1-13-5-6-15(21)10-16(13)20(27-2,12-28-19(22)26)18-24-9-7-17(25-18)14-4-3-8-23-11-14/h3-11H,12H2,1-2H3,(H2,22,26). The predicted molar refractivity (Wildman–Crippen MR) is 107 cm³/mol. The Morgan fingerprint density at radius 2 is 2.07 bits per heavy atom. The predicted octanol–water partition coefficient (Wildman–Crippen LogP) is 3.59. The van der Waals surface area contributed by atoms with Crippen LogP contribution < -0.4 is 5.73 Å². The van der Waals surface area contributed by atoms with E-state index >= 15 is 0 Å². The topological polar surface area (TPSA) is 100 Å². The van der Waals surface area contributed by atoms with Crippen molar-refractivity contribution in [3.05, 3.63) is 76.4 Å². The molecular weight excluding hydrogens is 424 g/mol. The number of ether oxygens (including phenoxy) is 2. The van der Waals surface area contributed by atoms with Gasteiger partial charge in [0.1, 0.15) is 6.61 Å². The lowest BCUT2D eigenvalue weighted by Crippen LogP contribution is -2.39. The molecule has 0 bridgehead atoms. The maximum Gasteiger partial charge on any atom is 0.404 e. The Morgan fingerprint density at radius 1 is 1.25 bits per heavy atom. The van der Waals surface area contributed by atoms with Crippen molar-refractivity contribution in [1.29, 1.82) is 0 Å². The number of amides is 1. The summed E-state index contributed by atoms with van der Waals surface area (Å²) < 4.78 is 11.9. The molecule has 0 radical (unpaired) electrons. The third-order valence-electron chi connectivity index (χ3n) is 4.37. The normalized spacial score (nSPS) is 13.0.